The standard InChI is InChI=1S/C9H16N4/c1-8(2,9(10)4-5-9)7-6-11-12-13(7)3/h6H,4-5,10H2,1-3H3. The predicted molar refractivity (Wildman–Crippen MR) is 50.2 cm³/mol. The molecule has 0 aliphatic heterocycles. The van der Waals surface area contributed by atoms with E-state index in [1.165, 1.54) is 0 Å². The summed E-state index contributed by atoms with van der Waals surface area (Å²) in [7, 11) is 1.91. The van der Waals surface area contributed by atoms with E-state index in [1.54, 1.807) is 0 Å². The molecule has 72 valence electrons. The van der Waals surface area contributed by atoms with Crippen LogP contribution in [-0.2, 0) is 12.5 Å². The molecule has 0 amide bonds. The van der Waals surface area contributed by atoms with Crippen LogP contribution in [0.5, 0.6) is 0 Å². The van der Waals surface area contributed by atoms with E-state index in [2.05, 4.69) is 24.2 Å². The third-order valence-corrected chi connectivity index (χ3v) is 3.39. The summed E-state index contributed by atoms with van der Waals surface area (Å²) in [5.74, 6) is 0. The lowest BCUT2D eigenvalue weighted by atomic mass is 9.79. The first-order chi connectivity index (χ1) is 5.97. The van der Waals surface area contributed by atoms with E-state index < -0.39 is 0 Å². The molecular weight excluding hydrogens is 164 g/mol. The second-order valence-corrected chi connectivity index (χ2v) is 4.52. The third-order valence-electron chi connectivity index (χ3n) is 3.39. The van der Waals surface area contributed by atoms with Crippen molar-refractivity contribution in [1.29, 1.82) is 0 Å². The number of hydrogen-bond donors (Lipinski definition) is 1. The quantitative estimate of drug-likeness (QED) is 0.724. The van der Waals surface area contributed by atoms with Crippen LogP contribution in [0, 0.1) is 0 Å². The molecule has 0 aromatic carbocycles. The van der Waals surface area contributed by atoms with Gasteiger partial charge in [-0.15, -0.1) is 5.10 Å². The van der Waals surface area contributed by atoms with E-state index in [0.717, 1.165) is 18.5 Å². The molecule has 2 rings (SSSR count). The second-order valence-electron chi connectivity index (χ2n) is 4.52. The van der Waals surface area contributed by atoms with Gasteiger partial charge in [0.1, 0.15) is 0 Å². The number of nitrogens with zero attached hydrogens (tertiary/aromatic N) is 3. The second kappa shape index (κ2) is 2.32. The highest BCUT2D eigenvalue weighted by atomic mass is 15.4. The maximum absolute atomic E-state index is 6.22. The molecule has 1 saturated carbocycles. The van der Waals surface area contributed by atoms with Gasteiger partial charge in [0.25, 0.3) is 0 Å². The fraction of sp³-hybridized carbons (Fsp3) is 0.778. The van der Waals surface area contributed by atoms with Crippen molar-refractivity contribution < 1.29 is 0 Å². The van der Waals surface area contributed by atoms with Crippen LogP contribution >= 0.6 is 0 Å². The van der Waals surface area contributed by atoms with Crippen LogP contribution in [0.25, 0.3) is 0 Å². The maximum Gasteiger partial charge on any atom is 0.0731 e. The van der Waals surface area contributed by atoms with Crippen LogP contribution < -0.4 is 5.73 Å². The number of aromatic nitrogens is 3. The fourth-order valence-electron chi connectivity index (χ4n) is 1.87. The molecule has 4 nitrogen and oxygen atoms in total. The molecule has 1 aliphatic carbocycles. The van der Waals surface area contributed by atoms with E-state index in [4.69, 9.17) is 5.73 Å². The van der Waals surface area contributed by atoms with Gasteiger partial charge in [0, 0.05) is 18.0 Å². The zero-order valence-electron chi connectivity index (χ0n) is 8.41. The number of hydrogen-bond acceptors (Lipinski definition) is 3. The summed E-state index contributed by atoms with van der Waals surface area (Å²) in [6.45, 7) is 4.33. The van der Waals surface area contributed by atoms with Crippen molar-refractivity contribution in [2.24, 2.45) is 12.8 Å². The first kappa shape index (κ1) is 8.69. The summed E-state index contributed by atoms with van der Waals surface area (Å²) in [6.07, 6.45) is 4.02. The predicted octanol–water partition coefficient (Wildman–Crippen LogP) is 0.584. The monoisotopic (exact) mass is 180 g/mol. The molecule has 1 aromatic heterocycles. The van der Waals surface area contributed by atoms with Gasteiger partial charge in [-0.25, -0.2) is 0 Å². The first-order valence-electron chi connectivity index (χ1n) is 4.61. The number of aryl methyl sites for hydroxylation is 1. The molecule has 0 radical (unpaired) electrons. The summed E-state index contributed by atoms with van der Waals surface area (Å²) in [6, 6.07) is 0. The molecule has 4 heteroatoms. The molecule has 0 bridgehead atoms. The lowest BCUT2D eigenvalue weighted by molar-refractivity contribution is 0.365. The van der Waals surface area contributed by atoms with Crippen LogP contribution in [-0.4, -0.2) is 20.5 Å². The van der Waals surface area contributed by atoms with Crippen molar-refractivity contribution in [2.75, 3.05) is 0 Å². The Hall–Kier alpha value is -0.900. The molecule has 1 heterocycles. The van der Waals surface area contributed by atoms with Gasteiger partial charge in [-0.1, -0.05) is 19.1 Å². The zero-order valence-corrected chi connectivity index (χ0v) is 8.41. The Labute approximate surface area is 78.1 Å². The fourth-order valence-corrected chi connectivity index (χ4v) is 1.87. The highest BCUT2D eigenvalue weighted by Gasteiger charge is 2.53. The molecule has 2 N–H and O–H groups in total. The minimum atomic E-state index is -0.0392. The van der Waals surface area contributed by atoms with Gasteiger partial charge in [-0.3, -0.25) is 4.68 Å². The molecule has 13 heavy (non-hydrogen) atoms. The number of rotatable bonds is 2. The van der Waals surface area contributed by atoms with Crippen LogP contribution in [0.15, 0.2) is 6.20 Å². The molecule has 0 atom stereocenters. The Morgan fingerprint density at radius 3 is 2.54 bits per heavy atom. The van der Waals surface area contributed by atoms with Crippen LogP contribution in [0.4, 0.5) is 0 Å². The van der Waals surface area contributed by atoms with E-state index in [0.29, 0.717) is 0 Å². The molecule has 1 fully saturated rings. The maximum atomic E-state index is 6.22. The first-order valence-corrected chi connectivity index (χ1v) is 4.61. The molecule has 0 spiro atoms. The average molecular weight is 180 g/mol. The minimum absolute atomic E-state index is 0.0226. The zero-order chi connectivity index (χ0) is 9.69. The highest BCUT2D eigenvalue weighted by molar-refractivity contribution is 5.25. The van der Waals surface area contributed by atoms with E-state index in [-0.39, 0.29) is 11.0 Å². The van der Waals surface area contributed by atoms with Gasteiger partial charge >= 0.3 is 0 Å². The molecular formula is C9H16N4. The largest absolute Gasteiger partial charge is 0.324 e. The van der Waals surface area contributed by atoms with Gasteiger partial charge in [-0.2, -0.15) is 0 Å². The van der Waals surface area contributed by atoms with Crippen molar-refractivity contribution in [3.8, 4) is 0 Å². The van der Waals surface area contributed by atoms with Crippen LogP contribution in [0.2, 0.25) is 0 Å². The van der Waals surface area contributed by atoms with E-state index >= 15 is 0 Å². The lowest BCUT2D eigenvalue weighted by Crippen LogP contribution is -2.44. The van der Waals surface area contributed by atoms with Crippen molar-refractivity contribution >= 4 is 0 Å². The highest BCUT2D eigenvalue weighted by Crippen LogP contribution is 2.48. The minimum Gasteiger partial charge on any atom is -0.324 e. The van der Waals surface area contributed by atoms with Crippen molar-refractivity contribution in [2.45, 2.75) is 37.6 Å². The Balaban J connectivity index is 2.40. The summed E-state index contributed by atoms with van der Waals surface area (Å²) in [4.78, 5) is 0. The summed E-state index contributed by atoms with van der Waals surface area (Å²) >= 11 is 0. The molecule has 0 unspecified atom stereocenters. The van der Waals surface area contributed by atoms with Crippen molar-refractivity contribution in [1.82, 2.24) is 15.0 Å². The molecule has 1 aliphatic rings. The van der Waals surface area contributed by atoms with Crippen molar-refractivity contribution in [3.05, 3.63) is 11.9 Å². The summed E-state index contributed by atoms with van der Waals surface area (Å²) in [5, 5.41) is 7.82. The summed E-state index contributed by atoms with van der Waals surface area (Å²) < 4.78 is 1.81. The summed E-state index contributed by atoms with van der Waals surface area (Å²) in [5.41, 5.74) is 7.27. The van der Waals surface area contributed by atoms with Crippen LogP contribution in [0.1, 0.15) is 32.4 Å². The van der Waals surface area contributed by atoms with Gasteiger partial charge in [-0.05, 0) is 12.8 Å². The molecule has 1 aromatic rings. The Morgan fingerprint density at radius 1 is 1.54 bits per heavy atom. The Morgan fingerprint density at radius 2 is 2.15 bits per heavy atom. The Bertz CT molecular complexity index is 322. The average Bonchev–Trinajstić information content (AvgIpc) is 2.63. The topological polar surface area (TPSA) is 56.7 Å². The van der Waals surface area contributed by atoms with Gasteiger partial charge in [0.2, 0.25) is 0 Å². The van der Waals surface area contributed by atoms with E-state index in [9.17, 15) is 0 Å². The normalized spacial score (nSPS) is 20.3. The number of nitrogens with two attached hydrogens (primary N) is 1. The SMILES string of the molecule is Cn1nncc1C(C)(C)C1(N)CC1. The Kier molecular flexibility index (Phi) is 1.55. The third kappa shape index (κ3) is 1.09. The lowest BCUT2D eigenvalue weighted by Gasteiger charge is -2.31. The van der Waals surface area contributed by atoms with E-state index in [1.807, 2.05) is 17.9 Å². The van der Waals surface area contributed by atoms with Crippen molar-refractivity contribution in [3.63, 3.8) is 0 Å². The van der Waals surface area contributed by atoms with Gasteiger partial charge < -0.3 is 5.73 Å². The van der Waals surface area contributed by atoms with Crippen LogP contribution in [0.3, 0.4) is 0 Å². The van der Waals surface area contributed by atoms with Gasteiger partial charge in [0.05, 0.1) is 11.9 Å². The van der Waals surface area contributed by atoms with Gasteiger partial charge in [0.15, 0.2) is 0 Å². The molecule has 0 saturated heterocycles. The smallest absolute Gasteiger partial charge is 0.0731 e.